The SMILES string of the molecule is CC(O)c1cnc(Cc2cccc(C(F)(F)F)c2)s1. The third-order valence-electron chi connectivity index (χ3n) is 2.59. The maximum atomic E-state index is 12.6. The molecular weight excluding hydrogens is 275 g/mol. The second-order valence-electron chi connectivity index (χ2n) is 4.21. The summed E-state index contributed by atoms with van der Waals surface area (Å²) in [6.45, 7) is 1.63. The van der Waals surface area contributed by atoms with Crippen LogP contribution in [-0.2, 0) is 12.6 Å². The van der Waals surface area contributed by atoms with Gasteiger partial charge in [-0.05, 0) is 18.6 Å². The maximum Gasteiger partial charge on any atom is 0.416 e. The molecule has 0 fully saturated rings. The highest BCUT2D eigenvalue weighted by atomic mass is 32.1. The van der Waals surface area contributed by atoms with E-state index >= 15 is 0 Å². The molecule has 2 nitrogen and oxygen atoms in total. The largest absolute Gasteiger partial charge is 0.416 e. The van der Waals surface area contributed by atoms with Crippen LogP contribution in [-0.4, -0.2) is 10.1 Å². The monoisotopic (exact) mass is 287 g/mol. The van der Waals surface area contributed by atoms with Crippen molar-refractivity contribution in [2.45, 2.75) is 25.6 Å². The van der Waals surface area contributed by atoms with Crippen LogP contribution in [0, 0.1) is 0 Å². The van der Waals surface area contributed by atoms with Crippen molar-refractivity contribution in [1.29, 1.82) is 0 Å². The molecule has 0 aliphatic carbocycles. The zero-order valence-electron chi connectivity index (χ0n) is 10.1. The lowest BCUT2D eigenvalue weighted by atomic mass is 10.1. The van der Waals surface area contributed by atoms with Crippen molar-refractivity contribution >= 4 is 11.3 Å². The number of thiazole rings is 1. The van der Waals surface area contributed by atoms with E-state index in [9.17, 15) is 18.3 Å². The van der Waals surface area contributed by atoms with Crippen LogP contribution in [0.25, 0.3) is 0 Å². The lowest BCUT2D eigenvalue weighted by Crippen LogP contribution is -2.05. The van der Waals surface area contributed by atoms with E-state index in [4.69, 9.17) is 0 Å². The highest BCUT2D eigenvalue weighted by Crippen LogP contribution is 2.30. The van der Waals surface area contributed by atoms with Gasteiger partial charge in [-0.15, -0.1) is 11.3 Å². The number of hydrogen-bond acceptors (Lipinski definition) is 3. The van der Waals surface area contributed by atoms with Crippen LogP contribution in [0.15, 0.2) is 30.5 Å². The van der Waals surface area contributed by atoms with E-state index in [2.05, 4.69) is 4.98 Å². The molecule has 0 bridgehead atoms. The molecule has 1 unspecified atom stereocenters. The molecule has 2 aromatic rings. The van der Waals surface area contributed by atoms with Gasteiger partial charge in [-0.25, -0.2) is 4.98 Å². The van der Waals surface area contributed by atoms with Gasteiger partial charge in [0.1, 0.15) is 0 Å². The number of rotatable bonds is 3. The topological polar surface area (TPSA) is 33.1 Å². The number of benzene rings is 1. The minimum Gasteiger partial charge on any atom is -0.388 e. The zero-order chi connectivity index (χ0) is 14.0. The Labute approximate surface area is 112 Å². The van der Waals surface area contributed by atoms with Crippen LogP contribution in [0.2, 0.25) is 0 Å². The molecule has 1 N–H and O–H groups in total. The van der Waals surface area contributed by atoms with Gasteiger partial charge in [0.2, 0.25) is 0 Å². The molecule has 1 aromatic carbocycles. The first kappa shape index (κ1) is 14.0. The molecule has 0 aliphatic rings. The third kappa shape index (κ3) is 3.54. The average Bonchev–Trinajstić information content (AvgIpc) is 2.77. The van der Waals surface area contributed by atoms with Gasteiger partial charge < -0.3 is 5.11 Å². The first-order valence-corrected chi connectivity index (χ1v) is 6.46. The highest BCUT2D eigenvalue weighted by Gasteiger charge is 2.30. The van der Waals surface area contributed by atoms with Crippen molar-refractivity contribution in [2.24, 2.45) is 0 Å². The summed E-state index contributed by atoms with van der Waals surface area (Å²) >= 11 is 1.31. The number of hydrogen-bond donors (Lipinski definition) is 1. The molecule has 1 aromatic heterocycles. The minimum atomic E-state index is -4.33. The van der Waals surface area contributed by atoms with Gasteiger partial charge in [0.05, 0.1) is 21.6 Å². The Morgan fingerprint density at radius 1 is 1.37 bits per heavy atom. The molecule has 2 rings (SSSR count). The summed E-state index contributed by atoms with van der Waals surface area (Å²) < 4.78 is 37.7. The first-order valence-electron chi connectivity index (χ1n) is 5.65. The van der Waals surface area contributed by atoms with Crippen LogP contribution in [0.3, 0.4) is 0 Å². The number of alkyl halides is 3. The van der Waals surface area contributed by atoms with Crippen molar-refractivity contribution in [2.75, 3.05) is 0 Å². The van der Waals surface area contributed by atoms with Crippen LogP contribution in [0.4, 0.5) is 13.2 Å². The lowest BCUT2D eigenvalue weighted by Gasteiger charge is -2.07. The summed E-state index contributed by atoms with van der Waals surface area (Å²) in [5.41, 5.74) is -0.0985. The summed E-state index contributed by atoms with van der Waals surface area (Å²) in [5.74, 6) is 0. The fourth-order valence-corrected chi connectivity index (χ4v) is 2.52. The fraction of sp³-hybridized carbons (Fsp3) is 0.308. The Morgan fingerprint density at radius 2 is 2.11 bits per heavy atom. The predicted molar refractivity (Wildman–Crippen MR) is 67.0 cm³/mol. The standard InChI is InChI=1S/C13H12F3NOS/c1-8(18)11-7-17-12(19-11)6-9-3-2-4-10(5-9)13(14,15)16/h2-5,7-8,18H,6H2,1H3. The lowest BCUT2D eigenvalue weighted by molar-refractivity contribution is -0.137. The third-order valence-corrected chi connectivity index (χ3v) is 3.76. The highest BCUT2D eigenvalue weighted by molar-refractivity contribution is 7.11. The molecule has 1 atom stereocenters. The number of nitrogens with zero attached hydrogens (tertiary/aromatic N) is 1. The summed E-state index contributed by atoms with van der Waals surface area (Å²) in [4.78, 5) is 4.81. The van der Waals surface area contributed by atoms with Crippen molar-refractivity contribution in [3.05, 3.63) is 51.5 Å². The van der Waals surface area contributed by atoms with Gasteiger partial charge in [0.25, 0.3) is 0 Å². The second-order valence-corrected chi connectivity index (χ2v) is 5.35. The number of aliphatic hydroxyl groups is 1. The molecular formula is C13H12F3NOS. The molecule has 102 valence electrons. The number of halogens is 3. The van der Waals surface area contributed by atoms with Crippen molar-refractivity contribution < 1.29 is 18.3 Å². The quantitative estimate of drug-likeness (QED) is 0.931. The van der Waals surface area contributed by atoms with E-state index in [1.54, 1.807) is 19.2 Å². The van der Waals surface area contributed by atoms with Gasteiger partial charge >= 0.3 is 6.18 Å². The fourth-order valence-electron chi connectivity index (χ4n) is 1.63. The molecule has 0 aliphatic heterocycles. The molecule has 19 heavy (non-hydrogen) atoms. The normalized spacial score (nSPS) is 13.5. The summed E-state index contributed by atoms with van der Waals surface area (Å²) in [5, 5.41) is 10.1. The van der Waals surface area contributed by atoms with Crippen LogP contribution in [0.1, 0.15) is 34.0 Å². The average molecular weight is 287 g/mol. The Bertz CT molecular complexity index is 563. The van der Waals surface area contributed by atoms with Gasteiger partial charge in [0, 0.05) is 12.6 Å². The van der Waals surface area contributed by atoms with Gasteiger partial charge in [-0.1, -0.05) is 18.2 Å². The van der Waals surface area contributed by atoms with Gasteiger partial charge in [-0.2, -0.15) is 13.2 Å². The number of aromatic nitrogens is 1. The molecule has 0 radical (unpaired) electrons. The van der Waals surface area contributed by atoms with Crippen molar-refractivity contribution in [3.8, 4) is 0 Å². The number of aliphatic hydroxyl groups excluding tert-OH is 1. The van der Waals surface area contributed by atoms with E-state index in [0.717, 1.165) is 12.1 Å². The van der Waals surface area contributed by atoms with Gasteiger partial charge in [0.15, 0.2) is 0 Å². The van der Waals surface area contributed by atoms with Crippen LogP contribution in [0.5, 0.6) is 0 Å². The van der Waals surface area contributed by atoms with E-state index in [0.29, 0.717) is 21.9 Å². The van der Waals surface area contributed by atoms with Crippen molar-refractivity contribution in [3.63, 3.8) is 0 Å². The molecule has 1 heterocycles. The second kappa shape index (κ2) is 5.30. The van der Waals surface area contributed by atoms with E-state index < -0.39 is 17.8 Å². The maximum absolute atomic E-state index is 12.6. The Morgan fingerprint density at radius 3 is 2.68 bits per heavy atom. The molecule has 0 amide bonds. The smallest absolute Gasteiger partial charge is 0.388 e. The first-order chi connectivity index (χ1) is 8.86. The Hall–Kier alpha value is -1.40. The molecule has 0 saturated carbocycles. The Kier molecular flexibility index (Phi) is 3.91. The van der Waals surface area contributed by atoms with E-state index in [1.165, 1.54) is 17.4 Å². The minimum absolute atomic E-state index is 0.335. The van der Waals surface area contributed by atoms with E-state index in [-0.39, 0.29) is 0 Å². The Balaban J connectivity index is 2.19. The molecule has 0 saturated heterocycles. The van der Waals surface area contributed by atoms with Crippen LogP contribution >= 0.6 is 11.3 Å². The molecule has 0 spiro atoms. The predicted octanol–water partition coefficient (Wildman–Crippen LogP) is 3.81. The van der Waals surface area contributed by atoms with Crippen molar-refractivity contribution in [1.82, 2.24) is 4.98 Å². The van der Waals surface area contributed by atoms with Crippen LogP contribution < -0.4 is 0 Å². The summed E-state index contributed by atoms with van der Waals surface area (Å²) in [7, 11) is 0. The summed E-state index contributed by atoms with van der Waals surface area (Å²) in [6, 6.07) is 5.20. The molecule has 6 heteroatoms. The van der Waals surface area contributed by atoms with Gasteiger partial charge in [-0.3, -0.25) is 0 Å². The zero-order valence-corrected chi connectivity index (χ0v) is 10.9. The van der Waals surface area contributed by atoms with E-state index in [1.807, 2.05) is 0 Å². The summed E-state index contributed by atoms with van der Waals surface area (Å²) in [6.07, 6.45) is -3.05.